The molecule has 0 radical (unpaired) electrons. The van der Waals surface area contributed by atoms with Gasteiger partial charge in [-0.25, -0.2) is 20.8 Å². The molecule has 0 fully saturated rings. The summed E-state index contributed by atoms with van der Waals surface area (Å²) in [5, 5.41) is 0. The van der Waals surface area contributed by atoms with Gasteiger partial charge in [0.1, 0.15) is 11.5 Å². The van der Waals surface area contributed by atoms with Crippen molar-refractivity contribution in [1.29, 1.82) is 0 Å². The SMILES string of the molecule is Cn1cncc1-c1nc(NN)cc(-c2ccccc2)n1. The maximum atomic E-state index is 5.49. The Morgan fingerprint density at radius 1 is 1.15 bits per heavy atom. The van der Waals surface area contributed by atoms with E-state index in [1.807, 2.05) is 48.0 Å². The first-order valence-electron chi connectivity index (χ1n) is 6.16. The molecule has 0 aliphatic heterocycles. The van der Waals surface area contributed by atoms with E-state index in [9.17, 15) is 0 Å². The third-order valence-corrected chi connectivity index (χ3v) is 2.99. The van der Waals surface area contributed by atoms with Crippen LogP contribution in [0.3, 0.4) is 0 Å². The molecule has 0 saturated heterocycles. The lowest BCUT2D eigenvalue weighted by molar-refractivity contribution is 0.908. The van der Waals surface area contributed by atoms with Crippen LogP contribution >= 0.6 is 0 Å². The minimum Gasteiger partial charge on any atom is -0.331 e. The number of aromatic nitrogens is 4. The normalized spacial score (nSPS) is 10.5. The van der Waals surface area contributed by atoms with Crippen molar-refractivity contribution in [2.45, 2.75) is 0 Å². The van der Waals surface area contributed by atoms with E-state index in [0.717, 1.165) is 17.0 Å². The van der Waals surface area contributed by atoms with Crippen molar-refractivity contribution >= 4 is 5.82 Å². The molecule has 0 aliphatic carbocycles. The largest absolute Gasteiger partial charge is 0.331 e. The van der Waals surface area contributed by atoms with E-state index in [1.54, 1.807) is 12.5 Å². The smallest absolute Gasteiger partial charge is 0.180 e. The third kappa shape index (κ3) is 2.24. The Hall–Kier alpha value is -2.73. The van der Waals surface area contributed by atoms with Crippen molar-refractivity contribution in [3.63, 3.8) is 0 Å². The highest BCUT2D eigenvalue weighted by Crippen LogP contribution is 2.23. The van der Waals surface area contributed by atoms with E-state index < -0.39 is 0 Å². The standard InChI is InChI=1S/C14H14N6/c1-20-9-16-8-12(20)14-17-11(7-13(18-14)19-15)10-5-3-2-4-6-10/h2-9H,15H2,1H3,(H,17,18,19). The van der Waals surface area contributed by atoms with Crippen LogP contribution in [-0.4, -0.2) is 19.5 Å². The second kappa shape index (κ2) is 5.10. The van der Waals surface area contributed by atoms with Crippen molar-refractivity contribution in [2.75, 3.05) is 5.43 Å². The van der Waals surface area contributed by atoms with Gasteiger partial charge in [-0.2, -0.15) is 0 Å². The monoisotopic (exact) mass is 266 g/mol. The van der Waals surface area contributed by atoms with Gasteiger partial charge in [-0.05, 0) is 0 Å². The Morgan fingerprint density at radius 3 is 2.60 bits per heavy atom. The predicted molar refractivity (Wildman–Crippen MR) is 77.5 cm³/mol. The van der Waals surface area contributed by atoms with Crippen molar-refractivity contribution in [1.82, 2.24) is 19.5 Å². The summed E-state index contributed by atoms with van der Waals surface area (Å²) in [5.74, 6) is 6.64. The van der Waals surface area contributed by atoms with Gasteiger partial charge in [-0.3, -0.25) is 0 Å². The average Bonchev–Trinajstić information content (AvgIpc) is 2.94. The van der Waals surface area contributed by atoms with Gasteiger partial charge in [0.15, 0.2) is 5.82 Å². The van der Waals surface area contributed by atoms with Gasteiger partial charge in [-0.1, -0.05) is 30.3 Å². The zero-order chi connectivity index (χ0) is 13.9. The van der Waals surface area contributed by atoms with Gasteiger partial charge in [0, 0.05) is 18.7 Å². The summed E-state index contributed by atoms with van der Waals surface area (Å²) in [6.45, 7) is 0. The molecule has 6 heteroatoms. The minimum absolute atomic E-state index is 0.565. The Labute approximate surface area is 116 Å². The van der Waals surface area contributed by atoms with Crippen LogP contribution in [-0.2, 0) is 7.05 Å². The number of hydrazine groups is 1. The van der Waals surface area contributed by atoms with E-state index >= 15 is 0 Å². The molecular formula is C14H14N6. The van der Waals surface area contributed by atoms with E-state index in [4.69, 9.17) is 5.84 Å². The topological polar surface area (TPSA) is 81.7 Å². The molecule has 100 valence electrons. The molecule has 0 bridgehead atoms. The highest BCUT2D eigenvalue weighted by Gasteiger charge is 2.10. The second-order valence-corrected chi connectivity index (χ2v) is 4.36. The molecule has 0 atom stereocenters. The number of aryl methyl sites for hydroxylation is 1. The number of benzene rings is 1. The molecule has 6 nitrogen and oxygen atoms in total. The van der Waals surface area contributed by atoms with Crippen LogP contribution in [0.1, 0.15) is 0 Å². The van der Waals surface area contributed by atoms with Crippen molar-refractivity contribution in [3.05, 3.63) is 48.9 Å². The van der Waals surface area contributed by atoms with Crippen LogP contribution in [0.25, 0.3) is 22.8 Å². The van der Waals surface area contributed by atoms with Crippen LogP contribution < -0.4 is 11.3 Å². The molecule has 0 spiro atoms. The lowest BCUT2D eigenvalue weighted by atomic mass is 10.1. The lowest BCUT2D eigenvalue weighted by Crippen LogP contribution is -2.10. The number of nitrogens with one attached hydrogen (secondary N) is 1. The van der Waals surface area contributed by atoms with Crippen LogP contribution in [0.15, 0.2) is 48.9 Å². The minimum atomic E-state index is 0.565. The number of nitrogens with two attached hydrogens (primary N) is 1. The average molecular weight is 266 g/mol. The first-order valence-corrected chi connectivity index (χ1v) is 6.16. The summed E-state index contributed by atoms with van der Waals surface area (Å²) in [5.41, 5.74) is 5.23. The van der Waals surface area contributed by atoms with E-state index in [0.29, 0.717) is 11.6 Å². The molecule has 3 N–H and O–H groups in total. The van der Waals surface area contributed by atoms with E-state index in [2.05, 4.69) is 20.4 Å². The molecule has 0 aliphatic rings. The number of hydrogen-bond acceptors (Lipinski definition) is 5. The molecule has 3 aromatic rings. The molecule has 2 aromatic heterocycles. The first-order chi connectivity index (χ1) is 9.78. The summed E-state index contributed by atoms with van der Waals surface area (Å²) in [7, 11) is 1.90. The van der Waals surface area contributed by atoms with Crippen LogP contribution in [0.4, 0.5) is 5.82 Å². The van der Waals surface area contributed by atoms with Crippen LogP contribution in [0, 0.1) is 0 Å². The highest BCUT2D eigenvalue weighted by molar-refractivity contribution is 5.66. The molecule has 1 aromatic carbocycles. The Morgan fingerprint density at radius 2 is 1.95 bits per heavy atom. The number of imidazole rings is 1. The molecule has 0 saturated carbocycles. The number of nitrogens with zero attached hydrogens (tertiary/aromatic N) is 4. The second-order valence-electron chi connectivity index (χ2n) is 4.36. The van der Waals surface area contributed by atoms with Crippen molar-refractivity contribution < 1.29 is 0 Å². The quantitative estimate of drug-likeness (QED) is 0.558. The Balaban J connectivity index is 2.15. The fraction of sp³-hybridized carbons (Fsp3) is 0.0714. The maximum Gasteiger partial charge on any atom is 0.180 e. The van der Waals surface area contributed by atoms with Crippen molar-refractivity contribution in [3.8, 4) is 22.8 Å². The van der Waals surface area contributed by atoms with Gasteiger partial charge in [0.05, 0.1) is 18.2 Å². The molecular weight excluding hydrogens is 252 g/mol. The van der Waals surface area contributed by atoms with Gasteiger partial charge in [0.25, 0.3) is 0 Å². The summed E-state index contributed by atoms with van der Waals surface area (Å²) in [6.07, 6.45) is 3.44. The van der Waals surface area contributed by atoms with E-state index in [-0.39, 0.29) is 0 Å². The number of anilines is 1. The van der Waals surface area contributed by atoms with Crippen molar-refractivity contribution in [2.24, 2.45) is 12.9 Å². The summed E-state index contributed by atoms with van der Waals surface area (Å²) in [4.78, 5) is 13.0. The zero-order valence-electron chi connectivity index (χ0n) is 11.0. The zero-order valence-corrected chi connectivity index (χ0v) is 11.0. The maximum absolute atomic E-state index is 5.49. The van der Waals surface area contributed by atoms with Crippen LogP contribution in [0.5, 0.6) is 0 Å². The predicted octanol–water partition coefficient (Wildman–Crippen LogP) is 1.83. The van der Waals surface area contributed by atoms with Crippen LogP contribution in [0.2, 0.25) is 0 Å². The third-order valence-electron chi connectivity index (χ3n) is 2.99. The Kier molecular flexibility index (Phi) is 3.14. The summed E-state index contributed by atoms with van der Waals surface area (Å²) >= 11 is 0. The molecule has 20 heavy (non-hydrogen) atoms. The Bertz CT molecular complexity index is 720. The highest BCUT2D eigenvalue weighted by atomic mass is 15.3. The number of rotatable bonds is 3. The molecule has 0 amide bonds. The van der Waals surface area contributed by atoms with Gasteiger partial charge in [-0.15, -0.1) is 0 Å². The lowest BCUT2D eigenvalue weighted by Gasteiger charge is -2.08. The van der Waals surface area contributed by atoms with E-state index in [1.165, 1.54) is 0 Å². The molecule has 3 rings (SSSR count). The fourth-order valence-corrected chi connectivity index (χ4v) is 1.97. The van der Waals surface area contributed by atoms with Gasteiger partial charge >= 0.3 is 0 Å². The summed E-state index contributed by atoms with van der Waals surface area (Å²) < 4.78 is 1.87. The summed E-state index contributed by atoms with van der Waals surface area (Å²) in [6, 6.07) is 11.7. The fourth-order valence-electron chi connectivity index (χ4n) is 1.97. The molecule has 2 heterocycles. The number of nitrogen functional groups attached to an aromatic ring is 1. The first kappa shape index (κ1) is 12.3. The molecule has 0 unspecified atom stereocenters. The van der Waals surface area contributed by atoms with Gasteiger partial charge < -0.3 is 9.99 Å². The van der Waals surface area contributed by atoms with Gasteiger partial charge in [0.2, 0.25) is 0 Å². The number of hydrogen-bond donors (Lipinski definition) is 2.